The van der Waals surface area contributed by atoms with E-state index in [1.54, 1.807) is 13.8 Å². The van der Waals surface area contributed by atoms with Crippen molar-refractivity contribution in [2.75, 3.05) is 26.7 Å². The van der Waals surface area contributed by atoms with E-state index >= 15 is 0 Å². The Hall–Kier alpha value is -2.66. The Morgan fingerprint density at radius 2 is 1.78 bits per heavy atom. The summed E-state index contributed by atoms with van der Waals surface area (Å²) in [5.74, 6) is 0.297. The van der Waals surface area contributed by atoms with E-state index in [0.29, 0.717) is 18.0 Å². The van der Waals surface area contributed by atoms with Gasteiger partial charge in [-0.1, -0.05) is 30.3 Å². The molecule has 2 aromatic carbocycles. The molecule has 0 atom stereocenters. The molecule has 1 aromatic heterocycles. The number of halogens is 1. The molecule has 2 heterocycles. The van der Waals surface area contributed by atoms with Crippen molar-refractivity contribution in [2.24, 2.45) is 5.92 Å². The van der Waals surface area contributed by atoms with Crippen LogP contribution in [-0.4, -0.2) is 47.8 Å². The predicted molar refractivity (Wildman–Crippen MR) is 127 cm³/mol. The van der Waals surface area contributed by atoms with E-state index in [0.717, 1.165) is 38.9 Å². The van der Waals surface area contributed by atoms with Crippen molar-refractivity contribution in [1.82, 2.24) is 9.47 Å². The van der Waals surface area contributed by atoms with Crippen LogP contribution in [0.1, 0.15) is 48.2 Å². The molecule has 0 N–H and O–H groups in total. The normalized spacial score (nSPS) is 15.9. The van der Waals surface area contributed by atoms with Crippen molar-refractivity contribution >= 4 is 16.9 Å². The van der Waals surface area contributed by atoms with Crippen LogP contribution in [0.25, 0.3) is 10.9 Å². The third-order valence-corrected chi connectivity index (χ3v) is 6.40. The average Bonchev–Trinajstić information content (AvgIpc) is 3.11. The van der Waals surface area contributed by atoms with Crippen LogP contribution in [0.2, 0.25) is 0 Å². The zero-order valence-electron chi connectivity index (χ0n) is 19.3. The van der Waals surface area contributed by atoms with Crippen LogP contribution >= 0.6 is 0 Å². The van der Waals surface area contributed by atoms with Crippen LogP contribution < -0.4 is 0 Å². The fraction of sp³-hybridized carbons (Fsp3) is 0.444. The van der Waals surface area contributed by atoms with Crippen LogP contribution in [0.5, 0.6) is 0 Å². The second kappa shape index (κ2) is 9.45. The highest BCUT2D eigenvalue weighted by Gasteiger charge is 2.25. The Labute approximate surface area is 190 Å². The topological polar surface area (TPSA) is 34.5 Å². The van der Waals surface area contributed by atoms with Crippen molar-refractivity contribution < 1.29 is 13.9 Å². The number of aromatic nitrogens is 1. The number of esters is 1. The minimum atomic E-state index is -1.13. The third kappa shape index (κ3) is 5.39. The number of ether oxygens (including phenoxy) is 1. The second-order valence-corrected chi connectivity index (χ2v) is 9.63. The number of hydrogen-bond donors (Lipinski definition) is 0. The SMILES string of the molecule is COC(=O)c1ccc(Cc2cn(CC3CCN(CC(C)(C)F)CC3)c3ccccc23)cc1. The summed E-state index contributed by atoms with van der Waals surface area (Å²) >= 11 is 0. The molecule has 0 radical (unpaired) electrons. The number of carbonyl (C=O) groups excluding carboxylic acids is 1. The number of para-hydroxylation sites is 1. The number of carbonyl (C=O) groups is 1. The lowest BCUT2D eigenvalue weighted by Gasteiger charge is -2.34. The Balaban J connectivity index is 1.47. The highest BCUT2D eigenvalue weighted by Crippen LogP contribution is 2.28. The van der Waals surface area contributed by atoms with Gasteiger partial charge in [-0.15, -0.1) is 0 Å². The lowest BCUT2D eigenvalue weighted by Crippen LogP contribution is -2.41. The van der Waals surface area contributed by atoms with Crippen LogP contribution in [0.3, 0.4) is 0 Å². The van der Waals surface area contributed by atoms with Crippen LogP contribution in [0.15, 0.2) is 54.7 Å². The summed E-state index contributed by atoms with van der Waals surface area (Å²) in [5.41, 5.74) is 3.17. The molecule has 0 unspecified atom stereocenters. The van der Waals surface area contributed by atoms with Gasteiger partial charge in [0.15, 0.2) is 0 Å². The van der Waals surface area contributed by atoms with Crippen molar-refractivity contribution in [3.05, 3.63) is 71.4 Å². The van der Waals surface area contributed by atoms with Gasteiger partial charge in [-0.05, 0) is 81.4 Å². The monoisotopic (exact) mass is 436 g/mol. The summed E-state index contributed by atoms with van der Waals surface area (Å²) in [4.78, 5) is 13.9. The maximum absolute atomic E-state index is 14.0. The van der Waals surface area contributed by atoms with Crippen molar-refractivity contribution in [1.29, 1.82) is 0 Å². The Morgan fingerprint density at radius 3 is 2.44 bits per heavy atom. The highest BCUT2D eigenvalue weighted by atomic mass is 19.1. The third-order valence-electron chi connectivity index (χ3n) is 6.40. The van der Waals surface area contributed by atoms with Gasteiger partial charge in [0.25, 0.3) is 0 Å². The first-order valence-corrected chi connectivity index (χ1v) is 11.5. The molecule has 4 rings (SSSR count). The van der Waals surface area contributed by atoms with E-state index in [1.165, 1.54) is 29.1 Å². The fourth-order valence-electron chi connectivity index (χ4n) is 4.85. The molecule has 0 aliphatic carbocycles. The van der Waals surface area contributed by atoms with Crippen LogP contribution in [0.4, 0.5) is 4.39 Å². The fourth-order valence-corrected chi connectivity index (χ4v) is 4.85. The lowest BCUT2D eigenvalue weighted by molar-refractivity contribution is 0.0600. The van der Waals surface area contributed by atoms with Gasteiger partial charge in [-0.3, -0.25) is 0 Å². The van der Waals surface area contributed by atoms with E-state index in [1.807, 2.05) is 24.3 Å². The molecular weight excluding hydrogens is 403 g/mol. The first kappa shape index (κ1) is 22.5. The summed E-state index contributed by atoms with van der Waals surface area (Å²) in [6.07, 6.45) is 5.31. The minimum absolute atomic E-state index is 0.311. The zero-order chi connectivity index (χ0) is 22.7. The number of methoxy groups -OCH3 is 1. The van der Waals surface area contributed by atoms with Crippen LogP contribution in [-0.2, 0) is 17.7 Å². The number of fused-ring (bicyclic) bond motifs is 1. The number of benzene rings is 2. The molecule has 5 heteroatoms. The summed E-state index contributed by atoms with van der Waals surface area (Å²) < 4.78 is 21.2. The largest absolute Gasteiger partial charge is 0.465 e. The van der Waals surface area contributed by atoms with E-state index in [2.05, 4.69) is 39.9 Å². The number of piperidine rings is 1. The predicted octanol–water partition coefficient (Wildman–Crippen LogP) is 5.48. The van der Waals surface area contributed by atoms with Crippen LogP contribution in [0, 0.1) is 5.92 Å². The Bertz CT molecular complexity index is 1060. The molecule has 1 fully saturated rings. The molecule has 32 heavy (non-hydrogen) atoms. The number of rotatable bonds is 7. The van der Waals surface area contributed by atoms with Gasteiger partial charge in [0, 0.05) is 30.2 Å². The second-order valence-electron chi connectivity index (χ2n) is 9.63. The molecule has 1 aliphatic rings. The van der Waals surface area contributed by atoms with Crippen molar-refractivity contribution in [3.8, 4) is 0 Å². The zero-order valence-corrected chi connectivity index (χ0v) is 19.3. The highest BCUT2D eigenvalue weighted by molar-refractivity contribution is 5.89. The first-order valence-electron chi connectivity index (χ1n) is 11.5. The van der Waals surface area contributed by atoms with Crippen molar-refractivity contribution in [2.45, 2.75) is 45.3 Å². The van der Waals surface area contributed by atoms with Gasteiger partial charge in [-0.25, -0.2) is 9.18 Å². The molecule has 0 bridgehead atoms. The smallest absolute Gasteiger partial charge is 0.337 e. The maximum Gasteiger partial charge on any atom is 0.337 e. The number of hydrogen-bond acceptors (Lipinski definition) is 3. The Morgan fingerprint density at radius 1 is 1.09 bits per heavy atom. The molecule has 0 spiro atoms. The molecule has 170 valence electrons. The minimum Gasteiger partial charge on any atom is -0.465 e. The molecular formula is C27H33FN2O2. The number of likely N-dealkylation sites (tertiary alicyclic amines) is 1. The van der Waals surface area contributed by atoms with Gasteiger partial charge in [0.05, 0.1) is 12.7 Å². The van der Waals surface area contributed by atoms with Gasteiger partial charge >= 0.3 is 5.97 Å². The van der Waals surface area contributed by atoms with Gasteiger partial charge in [-0.2, -0.15) is 0 Å². The summed E-state index contributed by atoms with van der Waals surface area (Å²) in [7, 11) is 1.40. The summed E-state index contributed by atoms with van der Waals surface area (Å²) in [6.45, 7) is 6.78. The van der Waals surface area contributed by atoms with Gasteiger partial charge < -0.3 is 14.2 Å². The van der Waals surface area contributed by atoms with E-state index in [9.17, 15) is 9.18 Å². The maximum atomic E-state index is 14.0. The molecule has 1 saturated heterocycles. The van der Waals surface area contributed by atoms with E-state index in [-0.39, 0.29) is 5.97 Å². The summed E-state index contributed by atoms with van der Waals surface area (Å²) in [6, 6.07) is 16.2. The molecule has 0 saturated carbocycles. The number of nitrogens with zero attached hydrogens (tertiary/aromatic N) is 2. The molecule has 0 amide bonds. The first-order chi connectivity index (χ1) is 15.3. The van der Waals surface area contributed by atoms with Gasteiger partial charge in [0.2, 0.25) is 0 Å². The van der Waals surface area contributed by atoms with Gasteiger partial charge in [0.1, 0.15) is 5.67 Å². The summed E-state index contributed by atoms with van der Waals surface area (Å²) in [5, 5.41) is 1.28. The average molecular weight is 437 g/mol. The van der Waals surface area contributed by atoms with E-state index < -0.39 is 5.67 Å². The lowest BCUT2D eigenvalue weighted by atomic mass is 9.95. The standard InChI is InChI=1S/C27H33FN2O2/c1-27(2,28)19-29-14-12-21(13-15-29)17-30-18-23(24-6-4-5-7-25(24)30)16-20-8-10-22(11-9-20)26(31)32-3/h4-11,18,21H,12-17,19H2,1-3H3. The molecule has 3 aromatic rings. The number of alkyl halides is 1. The van der Waals surface area contributed by atoms with Crippen molar-refractivity contribution in [3.63, 3.8) is 0 Å². The molecule has 1 aliphatic heterocycles. The molecule has 4 nitrogen and oxygen atoms in total. The quantitative estimate of drug-likeness (QED) is 0.460. The van der Waals surface area contributed by atoms with E-state index in [4.69, 9.17) is 4.74 Å². The Kier molecular flexibility index (Phi) is 6.66.